The molecule has 3 rings (SSSR count). The fraction of sp³-hybridized carbons (Fsp3) is 0.0588. The summed E-state index contributed by atoms with van der Waals surface area (Å²) in [5.74, 6) is -0.226. The zero-order chi connectivity index (χ0) is 14.1. The lowest BCUT2D eigenvalue weighted by Crippen LogP contribution is -2.16. The largest absolute Gasteiger partial charge is 0.354 e. The molecule has 0 unspecified atom stereocenters. The molecule has 0 amide bonds. The molecule has 98 valence electrons. The van der Waals surface area contributed by atoms with Gasteiger partial charge >= 0.3 is 0 Å². The number of H-pyrrole nitrogens is 1. The fourth-order valence-electron chi connectivity index (χ4n) is 2.39. The minimum absolute atomic E-state index is 0.217. The van der Waals surface area contributed by atoms with Gasteiger partial charge in [-0.15, -0.1) is 0 Å². The molecular formula is C17H13NO2. The van der Waals surface area contributed by atoms with E-state index in [1.807, 2.05) is 42.5 Å². The van der Waals surface area contributed by atoms with Crippen molar-refractivity contribution in [1.82, 2.24) is 4.98 Å². The standard InChI is InChI=1S/C17H13NO2/c1-11(19)15-16(12-7-3-2-4-8-12)18-14-10-6-5-9-13(14)17(15)20/h2-10H,1H3,(H,18,20). The van der Waals surface area contributed by atoms with E-state index in [2.05, 4.69) is 4.98 Å². The van der Waals surface area contributed by atoms with Gasteiger partial charge in [-0.2, -0.15) is 0 Å². The van der Waals surface area contributed by atoms with Gasteiger partial charge in [0.25, 0.3) is 0 Å². The van der Waals surface area contributed by atoms with E-state index in [0.717, 1.165) is 11.1 Å². The summed E-state index contributed by atoms with van der Waals surface area (Å²) < 4.78 is 0. The van der Waals surface area contributed by atoms with Crippen LogP contribution in [0.1, 0.15) is 17.3 Å². The maximum atomic E-state index is 12.5. The van der Waals surface area contributed by atoms with Crippen LogP contribution in [0.25, 0.3) is 22.2 Å². The molecule has 0 fully saturated rings. The SMILES string of the molecule is CC(=O)c1c(-c2ccccc2)[nH]c2ccccc2c1=O. The smallest absolute Gasteiger partial charge is 0.200 e. The molecule has 0 aliphatic heterocycles. The van der Waals surface area contributed by atoms with Crippen molar-refractivity contribution in [3.05, 3.63) is 70.4 Å². The van der Waals surface area contributed by atoms with Gasteiger partial charge in [0.1, 0.15) is 0 Å². The second-order valence-corrected chi connectivity index (χ2v) is 4.67. The molecule has 0 bridgehead atoms. The summed E-state index contributed by atoms with van der Waals surface area (Å²) in [7, 11) is 0. The molecule has 0 aliphatic carbocycles. The van der Waals surface area contributed by atoms with Crippen LogP contribution >= 0.6 is 0 Å². The van der Waals surface area contributed by atoms with Gasteiger partial charge in [0.05, 0.1) is 11.3 Å². The Morgan fingerprint density at radius 3 is 2.30 bits per heavy atom. The highest BCUT2D eigenvalue weighted by Gasteiger charge is 2.16. The average Bonchev–Trinajstić information content (AvgIpc) is 2.47. The maximum Gasteiger partial charge on any atom is 0.200 e. The molecule has 3 aromatic rings. The first-order chi connectivity index (χ1) is 9.68. The minimum atomic E-state index is -0.226. The predicted molar refractivity (Wildman–Crippen MR) is 80.0 cm³/mol. The third-order valence-corrected chi connectivity index (χ3v) is 3.32. The van der Waals surface area contributed by atoms with Gasteiger partial charge in [-0.25, -0.2) is 0 Å². The van der Waals surface area contributed by atoms with E-state index >= 15 is 0 Å². The second-order valence-electron chi connectivity index (χ2n) is 4.67. The van der Waals surface area contributed by atoms with Gasteiger partial charge in [-0.1, -0.05) is 42.5 Å². The molecule has 0 spiro atoms. The third-order valence-electron chi connectivity index (χ3n) is 3.32. The minimum Gasteiger partial charge on any atom is -0.354 e. The highest BCUT2D eigenvalue weighted by atomic mass is 16.1. The molecule has 3 heteroatoms. The molecule has 0 radical (unpaired) electrons. The predicted octanol–water partition coefficient (Wildman–Crippen LogP) is 3.40. The van der Waals surface area contributed by atoms with Gasteiger partial charge in [0.2, 0.25) is 5.43 Å². The lowest BCUT2D eigenvalue weighted by Gasteiger charge is -2.09. The summed E-state index contributed by atoms with van der Waals surface area (Å²) in [6, 6.07) is 16.7. The summed E-state index contributed by atoms with van der Waals surface area (Å²) in [6.07, 6.45) is 0. The molecule has 0 saturated carbocycles. The van der Waals surface area contributed by atoms with Crippen molar-refractivity contribution in [1.29, 1.82) is 0 Å². The number of carbonyl (C=O) groups excluding carboxylic acids is 1. The number of carbonyl (C=O) groups is 1. The number of aromatic nitrogens is 1. The number of benzene rings is 2. The van der Waals surface area contributed by atoms with Crippen molar-refractivity contribution in [2.75, 3.05) is 0 Å². The van der Waals surface area contributed by atoms with E-state index in [-0.39, 0.29) is 16.8 Å². The highest BCUT2D eigenvalue weighted by Crippen LogP contribution is 2.22. The summed E-state index contributed by atoms with van der Waals surface area (Å²) in [5.41, 5.74) is 2.16. The van der Waals surface area contributed by atoms with E-state index in [0.29, 0.717) is 11.1 Å². The molecule has 2 aromatic carbocycles. The zero-order valence-corrected chi connectivity index (χ0v) is 11.0. The molecule has 20 heavy (non-hydrogen) atoms. The number of pyridine rings is 1. The van der Waals surface area contributed by atoms with Crippen molar-refractivity contribution in [3.63, 3.8) is 0 Å². The molecule has 0 aliphatic rings. The average molecular weight is 263 g/mol. The van der Waals surface area contributed by atoms with Crippen LogP contribution in [-0.2, 0) is 0 Å². The van der Waals surface area contributed by atoms with Crippen molar-refractivity contribution < 1.29 is 4.79 Å². The topological polar surface area (TPSA) is 49.9 Å². The number of hydrogen-bond donors (Lipinski definition) is 1. The lowest BCUT2D eigenvalue weighted by molar-refractivity contribution is 0.101. The van der Waals surface area contributed by atoms with E-state index in [9.17, 15) is 9.59 Å². The van der Waals surface area contributed by atoms with E-state index in [1.54, 1.807) is 12.1 Å². The van der Waals surface area contributed by atoms with Crippen molar-refractivity contribution in [3.8, 4) is 11.3 Å². The van der Waals surface area contributed by atoms with Crippen LogP contribution in [-0.4, -0.2) is 10.8 Å². The van der Waals surface area contributed by atoms with Crippen molar-refractivity contribution in [2.45, 2.75) is 6.92 Å². The Balaban J connectivity index is 2.45. The Bertz CT molecular complexity index is 848. The Labute approximate surface area is 115 Å². The monoisotopic (exact) mass is 263 g/mol. The molecule has 0 atom stereocenters. The highest BCUT2D eigenvalue weighted by molar-refractivity contribution is 6.03. The Morgan fingerprint density at radius 2 is 1.60 bits per heavy atom. The first-order valence-electron chi connectivity index (χ1n) is 6.40. The van der Waals surface area contributed by atoms with Crippen molar-refractivity contribution >= 4 is 16.7 Å². The molecule has 1 heterocycles. The molecule has 1 N–H and O–H groups in total. The normalized spacial score (nSPS) is 10.7. The van der Waals surface area contributed by atoms with Crippen LogP contribution in [0.15, 0.2) is 59.4 Å². The van der Waals surface area contributed by atoms with E-state index < -0.39 is 0 Å². The molecular weight excluding hydrogens is 250 g/mol. The number of nitrogens with one attached hydrogen (secondary N) is 1. The van der Waals surface area contributed by atoms with Crippen LogP contribution in [0.4, 0.5) is 0 Å². The lowest BCUT2D eigenvalue weighted by atomic mass is 10.0. The quantitative estimate of drug-likeness (QED) is 0.720. The van der Waals surface area contributed by atoms with Gasteiger partial charge in [-0.05, 0) is 24.6 Å². The Kier molecular flexibility index (Phi) is 2.95. The summed E-state index contributed by atoms with van der Waals surface area (Å²) in [5, 5.41) is 0.539. The van der Waals surface area contributed by atoms with Crippen molar-refractivity contribution in [2.24, 2.45) is 0 Å². The molecule has 0 saturated heterocycles. The van der Waals surface area contributed by atoms with Gasteiger partial charge in [0.15, 0.2) is 5.78 Å². The number of rotatable bonds is 2. The summed E-state index contributed by atoms with van der Waals surface area (Å²) in [4.78, 5) is 27.6. The van der Waals surface area contributed by atoms with Gasteiger partial charge in [-0.3, -0.25) is 9.59 Å². The Hall–Kier alpha value is -2.68. The van der Waals surface area contributed by atoms with Crippen LogP contribution < -0.4 is 5.43 Å². The van der Waals surface area contributed by atoms with Crippen LogP contribution in [0.3, 0.4) is 0 Å². The number of ketones is 1. The first kappa shape index (κ1) is 12.4. The maximum absolute atomic E-state index is 12.5. The summed E-state index contributed by atoms with van der Waals surface area (Å²) >= 11 is 0. The zero-order valence-electron chi connectivity index (χ0n) is 11.0. The van der Waals surface area contributed by atoms with Crippen LogP contribution in [0, 0.1) is 0 Å². The number of aromatic amines is 1. The van der Waals surface area contributed by atoms with E-state index in [4.69, 9.17) is 0 Å². The summed E-state index contributed by atoms with van der Waals surface area (Å²) in [6.45, 7) is 1.42. The number of hydrogen-bond acceptors (Lipinski definition) is 2. The van der Waals surface area contributed by atoms with Gasteiger partial charge in [0, 0.05) is 10.9 Å². The third kappa shape index (κ3) is 1.93. The Morgan fingerprint density at radius 1 is 0.950 bits per heavy atom. The molecule has 3 nitrogen and oxygen atoms in total. The number of fused-ring (bicyclic) bond motifs is 1. The first-order valence-corrected chi connectivity index (χ1v) is 6.40. The van der Waals surface area contributed by atoms with E-state index in [1.165, 1.54) is 6.92 Å². The second kappa shape index (κ2) is 4.78. The fourth-order valence-corrected chi connectivity index (χ4v) is 2.39. The number of para-hydroxylation sites is 1. The van der Waals surface area contributed by atoms with Crippen LogP contribution in [0.5, 0.6) is 0 Å². The van der Waals surface area contributed by atoms with Gasteiger partial charge < -0.3 is 4.98 Å². The molecule has 1 aromatic heterocycles. The van der Waals surface area contributed by atoms with Crippen LogP contribution in [0.2, 0.25) is 0 Å². The number of Topliss-reactive ketones (excluding diaryl/α,β-unsaturated/α-hetero) is 1.